The number of rotatable bonds is 3. The van der Waals surface area contributed by atoms with Gasteiger partial charge >= 0.3 is 12.1 Å². The largest absolute Gasteiger partial charge is 0.478 e. The zero-order chi connectivity index (χ0) is 17.5. The molecule has 0 aliphatic carbocycles. The number of benzene rings is 2. The number of thiophene rings is 1. The number of carbonyl (C=O) groups is 1. The fourth-order valence-electron chi connectivity index (χ4n) is 2.49. The Bertz CT molecular complexity index is 914. The summed E-state index contributed by atoms with van der Waals surface area (Å²) in [6.45, 7) is 0.180. The average Bonchev–Trinajstić information content (AvgIpc) is 2.96. The molecule has 3 nitrogen and oxygen atoms in total. The van der Waals surface area contributed by atoms with Crippen molar-refractivity contribution in [2.45, 2.75) is 12.7 Å². The zero-order valence-corrected chi connectivity index (χ0v) is 13.0. The van der Waals surface area contributed by atoms with Crippen LogP contribution in [0.2, 0.25) is 0 Å². The van der Waals surface area contributed by atoms with Crippen molar-refractivity contribution >= 4 is 27.4 Å². The number of halogens is 3. The second-order valence-corrected chi connectivity index (χ2v) is 6.38. The topological polar surface area (TPSA) is 63.3 Å². The van der Waals surface area contributed by atoms with Crippen molar-refractivity contribution < 1.29 is 23.1 Å². The van der Waals surface area contributed by atoms with Gasteiger partial charge in [-0.05, 0) is 46.8 Å². The summed E-state index contributed by atoms with van der Waals surface area (Å²) >= 11 is 1.04. The number of carboxylic acids is 1. The molecule has 0 radical (unpaired) electrons. The molecule has 0 spiro atoms. The van der Waals surface area contributed by atoms with Crippen molar-refractivity contribution in [3.63, 3.8) is 0 Å². The minimum absolute atomic E-state index is 0.0804. The van der Waals surface area contributed by atoms with Crippen LogP contribution in [0.25, 0.3) is 21.2 Å². The monoisotopic (exact) mass is 351 g/mol. The van der Waals surface area contributed by atoms with Crippen LogP contribution in [0.3, 0.4) is 0 Å². The molecule has 1 aromatic heterocycles. The van der Waals surface area contributed by atoms with Gasteiger partial charge in [0, 0.05) is 16.1 Å². The van der Waals surface area contributed by atoms with E-state index in [1.165, 1.54) is 24.3 Å². The number of nitrogens with two attached hydrogens (primary N) is 1. The SMILES string of the molecule is NCc1cc2cc(-c3ccc(C(=O)O)cc3)cc(C(F)(F)F)c2s1. The average molecular weight is 351 g/mol. The third-order valence-corrected chi connectivity index (χ3v) is 4.85. The lowest BCUT2D eigenvalue weighted by Gasteiger charge is -2.11. The van der Waals surface area contributed by atoms with Gasteiger partial charge in [-0.2, -0.15) is 13.2 Å². The Labute approximate surface area is 139 Å². The van der Waals surface area contributed by atoms with E-state index in [1.807, 2.05) is 0 Å². The maximum atomic E-state index is 13.4. The van der Waals surface area contributed by atoms with Crippen LogP contribution < -0.4 is 5.73 Å². The first-order valence-corrected chi connectivity index (χ1v) is 7.78. The Balaban J connectivity index is 2.19. The first kappa shape index (κ1) is 16.5. The molecule has 124 valence electrons. The van der Waals surface area contributed by atoms with E-state index in [0.29, 0.717) is 21.4 Å². The van der Waals surface area contributed by atoms with Crippen LogP contribution in [0.15, 0.2) is 42.5 Å². The Morgan fingerprint density at radius 3 is 2.29 bits per heavy atom. The number of aromatic carboxylic acids is 1. The lowest BCUT2D eigenvalue weighted by atomic mass is 9.99. The van der Waals surface area contributed by atoms with E-state index in [0.717, 1.165) is 17.4 Å². The predicted molar refractivity (Wildman–Crippen MR) is 87.1 cm³/mol. The molecule has 0 bridgehead atoms. The Kier molecular flexibility index (Phi) is 4.06. The van der Waals surface area contributed by atoms with Crippen LogP contribution in [0.5, 0.6) is 0 Å². The highest BCUT2D eigenvalue weighted by Crippen LogP contribution is 2.41. The van der Waals surface area contributed by atoms with E-state index < -0.39 is 17.7 Å². The summed E-state index contributed by atoms with van der Waals surface area (Å²) in [5.41, 5.74) is 5.82. The van der Waals surface area contributed by atoms with Gasteiger partial charge in [0.1, 0.15) is 0 Å². The molecule has 2 aromatic carbocycles. The third-order valence-electron chi connectivity index (χ3n) is 3.64. The summed E-state index contributed by atoms with van der Waals surface area (Å²) in [5.74, 6) is -1.08. The van der Waals surface area contributed by atoms with Gasteiger partial charge in [-0.25, -0.2) is 4.79 Å². The molecule has 0 saturated carbocycles. The van der Waals surface area contributed by atoms with Crippen molar-refractivity contribution in [1.82, 2.24) is 0 Å². The summed E-state index contributed by atoms with van der Waals surface area (Å²) in [7, 11) is 0. The molecule has 0 aliphatic rings. The van der Waals surface area contributed by atoms with Gasteiger partial charge in [0.05, 0.1) is 11.1 Å². The van der Waals surface area contributed by atoms with Crippen LogP contribution >= 0.6 is 11.3 Å². The summed E-state index contributed by atoms with van der Waals surface area (Å²) in [5, 5.41) is 9.39. The number of hydrogen-bond acceptors (Lipinski definition) is 3. The van der Waals surface area contributed by atoms with E-state index in [2.05, 4.69) is 0 Å². The van der Waals surface area contributed by atoms with Gasteiger partial charge in [0.2, 0.25) is 0 Å². The summed E-state index contributed by atoms with van der Waals surface area (Å²) in [6, 6.07) is 10.2. The van der Waals surface area contributed by atoms with Gasteiger partial charge in [-0.15, -0.1) is 11.3 Å². The Hall–Kier alpha value is -2.38. The Morgan fingerprint density at radius 1 is 1.08 bits per heavy atom. The van der Waals surface area contributed by atoms with E-state index >= 15 is 0 Å². The predicted octanol–water partition coefficient (Wildman–Crippen LogP) is 4.74. The normalized spacial score (nSPS) is 11.8. The zero-order valence-electron chi connectivity index (χ0n) is 12.2. The molecular weight excluding hydrogens is 339 g/mol. The van der Waals surface area contributed by atoms with E-state index in [1.54, 1.807) is 12.1 Å². The highest BCUT2D eigenvalue weighted by atomic mass is 32.1. The minimum Gasteiger partial charge on any atom is -0.478 e. The van der Waals surface area contributed by atoms with Crippen LogP contribution in [-0.4, -0.2) is 11.1 Å². The van der Waals surface area contributed by atoms with E-state index in [9.17, 15) is 18.0 Å². The molecule has 0 unspecified atom stereocenters. The molecular formula is C17H12F3NO2S. The third kappa shape index (κ3) is 3.00. The number of fused-ring (bicyclic) bond motifs is 1. The molecule has 3 aromatic rings. The first-order valence-electron chi connectivity index (χ1n) is 6.97. The molecule has 3 N–H and O–H groups in total. The first-order chi connectivity index (χ1) is 11.3. The van der Waals surface area contributed by atoms with Crippen molar-refractivity contribution in [2.75, 3.05) is 0 Å². The highest BCUT2D eigenvalue weighted by Gasteiger charge is 2.34. The van der Waals surface area contributed by atoms with Gasteiger partial charge < -0.3 is 10.8 Å². The van der Waals surface area contributed by atoms with E-state index in [4.69, 9.17) is 10.8 Å². The second-order valence-electron chi connectivity index (χ2n) is 5.24. The van der Waals surface area contributed by atoms with Gasteiger partial charge in [0.15, 0.2) is 0 Å². The highest BCUT2D eigenvalue weighted by molar-refractivity contribution is 7.19. The molecule has 1 heterocycles. The van der Waals surface area contributed by atoms with Crippen LogP contribution in [0, 0.1) is 0 Å². The number of alkyl halides is 3. The van der Waals surface area contributed by atoms with Crippen LogP contribution in [0.4, 0.5) is 13.2 Å². The quantitative estimate of drug-likeness (QED) is 0.716. The van der Waals surface area contributed by atoms with Crippen LogP contribution in [0.1, 0.15) is 20.8 Å². The fourth-order valence-corrected chi connectivity index (χ4v) is 3.54. The van der Waals surface area contributed by atoms with E-state index in [-0.39, 0.29) is 16.8 Å². The summed E-state index contributed by atoms with van der Waals surface area (Å²) < 4.78 is 40.3. The smallest absolute Gasteiger partial charge is 0.417 e. The lowest BCUT2D eigenvalue weighted by Crippen LogP contribution is -2.05. The maximum absolute atomic E-state index is 13.4. The van der Waals surface area contributed by atoms with Crippen molar-refractivity contribution in [3.05, 3.63) is 58.5 Å². The molecule has 0 atom stereocenters. The molecule has 0 saturated heterocycles. The minimum atomic E-state index is -4.48. The molecule has 24 heavy (non-hydrogen) atoms. The van der Waals surface area contributed by atoms with Gasteiger partial charge in [-0.1, -0.05) is 12.1 Å². The molecule has 0 fully saturated rings. The van der Waals surface area contributed by atoms with Crippen LogP contribution in [-0.2, 0) is 12.7 Å². The van der Waals surface area contributed by atoms with Crippen molar-refractivity contribution in [1.29, 1.82) is 0 Å². The standard InChI is InChI=1S/C17H12F3NO2S/c18-17(19,20)14-7-11(5-12-6-13(8-21)24-15(12)14)9-1-3-10(4-2-9)16(22)23/h1-7H,8,21H2,(H,22,23). The molecule has 0 aliphatic heterocycles. The summed E-state index contributed by atoms with van der Waals surface area (Å²) in [4.78, 5) is 11.6. The Morgan fingerprint density at radius 2 is 1.75 bits per heavy atom. The lowest BCUT2D eigenvalue weighted by molar-refractivity contribution is -0.136. The summed E-state index contributed by atoms with van der Waals surface area (Å²) in [6.07, 6.45) is -4.48. The molecule has 3 rings (SSSR count). The fraction of sp³-hybridized carbons (Fsp3) is 0.118. The van der Waals surface area contributed by atoms with Crippen molar-refractivity contribution in [3.8, 4) is 11.1 Å². The van der Waals surface area contributed by atoms with Gasteiger partial charge in [-0.3, -0.25) is 0 Å². The maximum Gasteiger partial charge on any atom is 0.417 e. The van der Waals surface area contributed by atoms with Gasteiger partial charge in [0.25, 0.3) is 0 Å². The number of carboxylic acid groups (broad SMARTS) is 1. The van der Waals surface area contributed by atoms with Crippen molar-refractivity contribution in [2.24, 2.45) is 5.73 Å². The second kappa shape index (κ2) is 5.92. The molecule has 7 heteroatoms. The number of hydrogen-bond donors (Lipinski definition) is 2. The molecule has 0 amide bonds.